The van der Waals surface area contributed by atoms with E-state index in [1.807, 2.05) is 47.5 Å². The Hall–Kier alpha value is -11.1. The van der Waals surface area contributed by atoms with E-state index < -0.39 is 0 Å². The molecule has 0 amide bonds. The van der Waals surface area contributed by atoms with Gasteiger partial charge in [-0.25, -0.2) is 0 Å². The van der Waals surface area contributed by atoms with Crippen LogP contribution in [0.1, 0.15) is 100.0 Å². The summed E-state index contributed by atoms with van der Waals surface area (Å²) >= 11 is 3.70. The predicted octanol–water partition coefficient (Wildman–Crippen LogP) is 21.0. The van der Waals surface area contributed by atoms with Gasteiger partial charge in [-0.3, -0.25) is 39.5 Å². The number of allylic oxidation sites excluding steroid dienone is 4. The summed E-state index contributed by atoms with van der Waals surface area (Å²) in [4.78, 5) is 40.4. The third-order valence-electron chi connectivity index (χ3n) is 26.4. The zero-order chi connectivity index (χ0) is 84.0. The molecule has 0 atom stereocenters. The van der Waals surface area contributed by atoms with Crippen LogP contribution < -0.4 is 0 Å². The first-order valence-corrected chi connectivity index (χ1v) is 46.4. The molecule has 6 aromatic heterocycles. The summed E-state index contributed by atoms with van der Waals surface area (Å²) in [6.45, 7) is 27.0. The molecule has 12 nitrogen and oxygen atoms in total. The molecule has 4 fully saturated rings. The lowest BCUT2D eigenvalue weighted by Crippen LogP contribution is -2.43. The largest absolute Gasteiger partial charge is 0.304 e. The van der Waals surface area contributed by atoms with Crippen molar-refractivity contribution in [3.05, 3.63) is 379 Å². The molecule has 624 valence electrons. The van der Waals surface area contributed by atoms with Crippen molar-refractivity contribution in [2.75, 3.05) is 133 Å². The standard InChI is InChI=1S/2C28H27N3S.2C27H29N3/c1-30-12-14-31(15-13-30)19-20-6-8-21(9-7-20)23-16-25-24(10-11-26(25)29-18-23)28-17-22-4-2-3-5-27(22)32-28;1-30-12-14-31(15-13-30)18-20-6-8-21(9-7-20)22-16-25-23(10-11-27(25)29-17-22)26-19-32-28-5-3-2-4-24(26)28;1-20-3-7-23(8-4-20)25-11-12-27-26(25)17-24(18-28-27)22-9-5-21(6-10-22)19-30-15-13-29(2)14-16-30;1-20-4-3-5-23(16-20)25-10-11-27-26(25)17-24(18-28-27)22-8-6-21(7-9-22)19-30-14-12-29(2)13-15-30/h2-10,16-18H,11-15,19H2,1H3;2-10,16-17,19H,11-15,18H2,1H3;3-11,17-18H,12-16,19H2,1-2H3;3-10,16-18H,11-15,19H2,1-2H3. The molecule has 4 aliphatic carbocycles. The highest BCUT2D eigenvalue weighted by Crippen LogP contribution is 2.43. The van der Waals surface area contributed by atoms with Crippen LogP contribution in [0.25, 0.3) is 87.0 Å². The van der Waals surface area contributed by atoms with E-state index in [1.165, 1.54) is 187 Å². The molecular formula is C110H112N12S2. The average molecular weight is 1670 g/mol. The number of aryl methyl sites for hydroxylation is 2. The molecule has 0 saturated carbocycles. The number of aromatic nitrogens is 4. The van der Waals surface area contributed by atoms with Gasteiger partial charge in [-0.2, -0.15) is 0 Å². The summed E-state index contributed by atoms with van der Waals surface area (Å²) in [5.41, 5.74) is 36.9. The summed E-state index contributed by atoms with van der Waals surface area (Å²) in [7, 11) is 8.82. The predicted molar refractivity (Wildman–Crippen MR) is 519 cm³/mol. The van der Waals surface area contributed by atoms with Gasteiger partial charge in [-0.05, 0) is 173 Å². The monoisotopic (exact) mass is 1660 g/mol. The van der Waals surface area contributed by atoms with Crippen molar-refractivity contribution in [2.24, 2.45) is 0 Å². The molecule has 4 saturated heterocycles. The quantitative estimate of drug-likeness (QED) is 0.0925. The lowest BCUT2D eigenvalue weighted by Gasteiger charge is -2.32. The van der Waals surface area contributed by atoms with Crippen molar-refractivity contribution >= 4 is 65.1 Å². The molecule has 0 bridgehead atoms. The number of piperazine rings is 4. The van der Waals surface area contributed by atoms with Crippen LogP contribution in [0.15, 0.2) is 279 Å². The Balaban J connectivity index is 0.000000108. The van der Waals surface area contributed by atoms with Gasteiger partial charge in [-0.15, -0.1) is 22.7 Å². The van der Waals surface area contributed by atoms with Gasteiger partial charge in [0.2, 0.25) is 0 Å². The molecule has 8 aliphatic rings. The third-order valence-corrected chi connectivity index (χ3v) is 28.5. The van der Waals surface area contributed by atoms with Gasteiger partial charge in [0.15, 0.2) is 0 Å². The normalized spacial score (nSPS) is 17.0. The second-order valence-electron chi connectivity index (χ2n) is 35.3. The summed E-state index contributed by atoms with van der Waals surface area (Å²) in [6, 6.07) is 82.8. The van der Waals surface area contributed by atoms with Gasteiger partial charge in [0, 0.05) is 251 Å². The van der Waals surface area contributed by atoms with Gasteiger partial charge in [0.25, 0.3) is 0 Å². The number of hydrogen-bond acceptors (Lipinski definition) is 14. The Kier molecular flexibility index (Phi) is 25.1. The van der Waals surface area contributed by atoms with Crippen LogP contribution >= 0.6 is 22.7 Å². The zero-order valence-electron chi connectivity index (χ0n) is 72.7. The molecular weight excluding hydrogens is 1550 g/mol. The molecule has 0 radical (unpaired) electrons. The Morgan fingerprint density at radius 3 is 1.02 bits per heavy atom. The minimum atomic E-state index is 0.916. The van der Waals surface area contributed by atoms with Crippen LogP contribution in [-0.4, -0.2) is 192 Å². The van der Waals surface area contributed by atoms with Crippen molar-refractivity contribution in [3.63, 3.8) is 0 Å². The first-order valence-electron chi connectivity index (χ1n) is 44.7. The number of benzene rings is 8. The van der Waals surface area contributed by atoms with Crippen molar-refractivity contribution in [3.8, 4) is 44.5 Å². The van der Waals surface area contributed by atoms with Crippen LogP contribution in [0.2, 0.25) is 0 Å². The number of pyridine rings is 4. The van der Waals surface area contributed by atoms with Gasteiger partial charge in [0.05, 0.1) is 22.8 Å². The second kappa shape index (κ2) is 37.8. The summed E-state index contributed by atoms with van der Waals surface area (Å²) in [5, 5.41) is 4.96. The van der Waals surface area contributed by atoms with Crippen LogP contribution in [-0.2, 0) is 51.9 Å². The molecule has 0 N–H and O–H groups in total. The fourth-order valence-corrected chi connectivity index (χ4v) is 20.6. The maximum Gasteiger partial charge on any atom is 0.0520 e. The minimum Gasteiger partial charge on any atom is -0.304 e. The Bertz CT molecular complexity index is 6200. The molecule has 0 unspecified atom stereocenters. The van der Waals surface area contributed by atoms with Gasteiger partial charge in [-0.1, -0.05) is 217 Å². The third kappa shape index (κ3) is 19.2. The molecule has 10 heterocycles. The summed E-state index contributed by atoms with van der Waals surface area (Å²) in [5.74, 6) is 0. The maximum absolute atomic E-state index is 4.84. The van der Waals surface area contributed by atoms with E-state index >= 15 is 0 Å². The first-order chi connectivity index (χ1) is 60.8. The average Bonchev–Trinajstić information content (AvgIpc) is 1.63. The highest BCUT2D eigenvalue weighted by atomic mass is 32.1. The number of nitrogens with zero attached hydrogens (tertiary/aromatic N) is 12. The number of hydrogen-bond donors (Lipinski definition) is 0. The summed E-state index contributed by atoms with van der Waals surface area (Å²) in [6.07, 6.45) is 21.1. The number of rotatable bonds is 16. The van der Waals surface area contributed by atoms with E-state index in [9.17, 15) is 0 Å². The second-order valence-corrected chi connectivity index (χ2v) is 37.3. The van der Waals surface area contributed by atoms with E-state index in [2.05, 4.69) is 335 Å². The summed E-state index contributed by atoms with van der Waals surface area (Å²) < 4.78 is 2.69. The Morgan fingerprint density at radius 1 is 0.274 bits per heavy atom. The van der Waals surface area contributed by atoms with Crippen molar-refractivity contribution in [2.45, 2.75) is 65.7 Å². The highest BCUT2D eigenvalue weighted by molar-refractivity contribution is 7.20. The molecule has 22 rings (SSSR count). The smallest absolute Gasteiger partial charge is 0.0520 e. The van der Waals surface area contributed by atoms with E-state index in [0.29, 0.717) is 0 Å². The number of likely N-dealkylation sites (N-methyl/N-ethyl adjacent to an activating group) is 4. The van der Waals surface area contributed by atoms with Crippen LogP contribution in [0, 0.1) is 13.8 Å². The highest BCUT2D eigenvalue weighted by Gasteiger charge is 2.26. The van der Waals surface area contributed by atoms with Crippen LogP contribution in [0.4, 0.5) is 0 Å². The van der Waals surface area contributed by atoms with Gasteiger partial charge >= 0.3 is 0 Å². The van der Waals surface area contributed by atoms with Crippen molar-refractivity contribution in [1.82, 2.24) is 59.1 Å². The van der Waals surface area contributed by atoms with Gasteiger partial charge in [0.1, 0.15) is 0 Å². The molecule has 14 heteroatoms. The molecule has 14 aromatic rings. The van der Waals surface area contributed by atoms with Crippen LogP contribution in [0.5, 0.6) is 0 Å². The molecule has 8 aromatic carbocycles. The zero-order valence-corrected chi connectivity index (χ0v) is 74.3. The minimum absolute atomic E-state index is 0.916. The number of fused-ring (bicyclic) bond motifs is 6. The van der Waals surface area contributed by atoms with E-state index in [1.54, 1.807) is 0 Å². The SMILES string of the molecule is CN1CCN(Cc2ccc(-c3cnc4c(c3)C(c3cc5ccccc5s3)=CC4)cc2)CC1.CN1CCN(Cc2ccc(-c3cnc4c(c3)C(c3csc5ccccc35)=CC4)cc2)CC1.Cc1ccc(C2=CCc3ncc(-c4ccc(CN5CCN(C)CC5)cc4)cc32)cc1.Cc1cccc(C2=CCc3ncc(-c4ccc(CN5CCN(C)CC5)cc4)cc32)c1. The van der Waals surface area contributed by atoms with E-state index in [-0.39, 0.29) is 0 Å². The Labute approximate surface area is 741 Å². The maximum atomic E-state index is 4.84. The first kappa shape index (κ1) is 82.5. The molecule has 0 spiro atoms. The van der Waals surface area contributed by atoms with Gasteiger partial charge < -0.3 is 19.6 Å². The molecule has 4 aliphatic heterocycles. The topological polar surface area (TPSA) is 77.5 Å². The van der Waals surface area contributed by atoms with Crippen LogP contribution in [0.3, 0.4) is 0 Å². The Morgan fingerprint density at radius 2 is 0.621 bits per heavy atom. The lowest BCUT2D eigenvalue weighted by atomic mass is 9.96. The van der Waals surface area contributed by atoms with Crippen molar-refractivity contribution < 1.29 is 0 Å². The molecule has 124 heavy (non-hydrogen) atoms. The fraction of sp³-hybridized carbons (Fsp3) is 0.273. The van der Waals surface area contributed by atoms with E-state index in [4.69, 9.17) is 19.9 Å². The fourth-order valence-electron chi connectivity index (χ4n) is 18.6. The number of thiophene rings is 2. The van der Waals surface area contributed by atoms with E-state index in [0.717, 1.165) is 157 Å². The van der Waals surface area contributed by atoms with Crippen molar-refractivity contribution in [1.29, 1.82) is 0 Å². The lowest BCUT2D eigenvalue weighted by molar-refractivity contribution is 0.148.